The second kappa shape index (κ2) is 6.92. The molecule has 1 N–H and O–H groups in total. The average Bonchev–Trinajstić information content (AvgIpc) is 2.86. The normalized spacial score (nSPS) is 19.8. The third kappa shape index (κ3) is 3.71. The summed E-state index contributed by atoms with van der Waals surface area (Å²) in [5, 5.41) is 3.59. The van der Waals surface area contributed by atoms with Crippen LogP contribution in [-0.2, 0) is 6.54 Å². The second-order valence-corrected chi connectivity index (χ2v) is 5.37. The first-order chi connectivity index (χ1) is 9.24. The van der Waals surface area contributed by atoms with Crippen molar-refractivity contribution in [3.8, 4) is 5.75 Å². The predicted octanol–water partition coefficient (Wildman–Crippen LogP) is 2.58. The molecule has 0 spiro atoms. The van der Waals surface area contributed by atoms with E-state index >= 15 is 0 Å². The quantitative estimate of drug-likeness (QED) is 0.853. The highest BCUT2D eigenvalue weighted by Crippen LogP contribution is 2.20. The van der Waals surface area contributed by atoms with Crippen LogP contribution in [0.15, 0.2) is 18.2 Å². The lowest BCUT2D eigenvalue weighted by atomic mass is 10.1. The first-order valence-corrected chi connectivity index (χ1v) is 7.33. The number of methoxy groups -OCH3 is 1. The second-order valence-electron chi connectivity index (χ2n) is 5.37. The minimum absolute atomic E-state index is 0.709. The van der Waals surface area contributed by atoms with Crippen molar-refractivity contribution in [3.05, 3.63) is 29.3 Å². The van der Waals surface area contributed by atoms with Crippen LogP contribution in [0.4, 0.5) is 0 Å². The smallest absolute Gasteiger partial charge is 0.123 e. The Morgan fingerprint density at radius 2 is 2.26 bits per heavy atom. The molecule has 0 saturated carbocycles. The molecule has 3 heteroatoms. The van der Waals surface area contributed by atoms with Crippen LogP contribution in [0.2, 0.25) is 0 Å². The molecular formula is C16H26N2O. The van der Waals surface area contributed by atoms with E-state index in [0.717, 1.165) is 18.8 Å². The fourth-order valence-electron chi connectivity index (χ4n) is 2.96. The van der Waals surface area contributed by atoms with Crippen molar-refractivity contribution in [1.29, 1.82) is 0 Å². The fourth-order valence-corrected chi connectivity index (χ4v) is 2.96. The molecule has 0 radical (unpaired) electrons. The van der Waals surface area contributed by atoms with Crippen molar-refractivity contribution in [2.45, 2.75) is 39.3 Å². The van der Waals surface area contributed by atoms with Gasteiger partial charge in [-0.1, -0.05) is 24.6 Å². The molecule has 0 aliphatic carbocycles. The number of nitrogens with one attached hydrogen (secondary N) is 1. The molecular weight excluding hydrogens is 236 g/mol. The lowest BCUT2D eigenvalue weighted by Gasteiger charge is -2.23. The minimum Gasteiger partial charge on any atom is -0.496 e. The predicted molar refractivity (Wildman–Crippen MR) is 79.7 cm³/mol. The van der Waals surface area contributed by atoms with E-state index in [1.165, 1.54) is 37.1 Å². The molecule has 1 fully saturated rings. The zero-order valence-electron chi connectivity index (χ0n) is 12.4. The Hall–Kier alpha value is -1.06. The van der Waals surface area contributed by atoms with E-state index in [0.29, 0.717) is 6.04 Å². The molecule has 0 aromatic heterocycles. The Kier molecular flexibility index (Phi) is 5.23. The minimum atomic E-state index is 0.709. The van der Waals surface area contributed by atoms with Crippen LogP contribution in [0.3, 0.4) is 0 Å². The molecule has 1 aromatic carbocycles. The fraction of sp³-hybridized carbons (Fsp3) is 0.625. The van der Waals surface area contributed by atoms with E-state index in [4.69, 9.17) is 4.74 Å². The summed E-state index contributed by atoms with van der Waals surface area (Å²) in [7, 11) is 1.74. The summed E-state index contributed by atoms with van der Waals surface area (Å²) in [5.74, 6) is 0.983. The number of aryl methyl sites for hydroxylation is 1. The van der Waals surface area contributed by atoms with Crippen LogP contribution in [0.25, 0.3) is 0 Å². The first-order valence-electron chi connectivity index (χ1n) is 7.33. The van der Waals surface area contributed by atoms with Crippen LogP contribution in [0.5, 0.6) is 5.75 Å². The molecule has 0 amide bonds. The van der Waals surface area contributed by atoms with E-state index < -0.39 is 0 Å². The van der Waals surface area contributed by atoms with Gasteiger partial charge in [-0.05, 0) is 38.9 Å². The molecule has 3 nitrogen and oxygen atoms in total. The number of hydrogen-bond donors (Lipinski definition) is 1. The summed E-state index contributed by atoms with van der Waals surface area (Å²) in [6, 6.07) is 7.07. The maximum Gasteiger partial charge on any atom is 0.123 e. The highest BCUT2D eigenvalue weighted by Gasteiger charge is 2.22. The van der Waals surface area contributed by atoms with E-state index in [1.54, 1.807) is 7.11 Å². The third-order valence-electron chi connectivity index (χ3n) is 4.04. The van der Waals surface area contributed by atoms with Gasteiger partial charge in [-0.3, -0.25) is 4.90 Å². The lowest BCUT2D eigenvalue weighted by molar-refractivity contribution is 0.259. The zero-order valence-corrected chi connectivity index (χ0v) is 12.4. The van der Waals surface area contributed by atoms with Crippen molar-refractivity contribution in [2.24, 2.45) is 0 Å². The maximum atomic E-state index is 5.41. The molecule has 0 bridgehead atoms. The highest BCUT2D eigenvalue weighted by atomic mass is 16.5. The van der Waals surface area contributed by atoms with Crippen molar-refractivity contribution in [3.63, 3.8) is 0 Å². The number of nitrogens with zero attached hydrogens (tertiary/aromatic N) is 1. The van der Waals surface area contributed by atoms with Gasteiger partial charge in [0, 0.05) is 24.7 Å². The van der Waals surface area contributed by atoms with Crippen LogP contribution in [-0.4, -0.2) is 37.7 Å². The van der Waals surface area contributed by atoms with Gasteiger partial charge in [-0.15, -0.1) is 0 Å². The van der Waals surface area contributed by atoms with Crippen LogP contribution < -0.4 is 10.1 Å². The van der Waals surface area contributed by atoms with Crippen LogP contribution in [0, 0.1) is 6.92 Å². The number of hydrogen-bond acceptors (Lipinski definition) is 3. The molecule has 1 unspecified atom stereocenters. The summed E-state index contributed by atoms with van der Waals surface area (Å²) in [5.41, 5.74) is 2.54. The van der Waals surface area contributed by atoms with E-state index in [9.17, 15) is 0 Å². The van der Waals surface area contributed by atoms with Crippen molar-refractivity contribution >= 4 is 0 Å². The summed E-state index contributed by atoms with van der Waals surface area (Å²) in [4.78, 5) is 2.57. The van der Waals surface area contributed by atoms with Crippen molar-refractivity contribution in [2.75, 3.05) is 26.7 Å². The molecule has 1 heterocycles. The standard InChI is InChI=1S/C16H26N2O/c1-4-18-9-5-6-15(18)12-17-11-14-10-13(2)7-8-16(14)19-3/h7-8,10,15,17H,4-6,9,11-12H2,1-3H3. The Balaban J connectivity index is 1.87. The molecule has 1 saturated heterocycles. The molecule has 1 aliphatic rings. The Morgan fingerprint density at radius 1 is 1.42 bits per heavy atom. The molecule has 1 atom stereocenters. The van der Waals surface area contributed by atoms with Crippen molar-refractivity contribution < 1.29 is 4.74 Å². The number of ether oxygens (including phenoxy) is 1. The van der Waals surface area contributed by atoms with E-state index in [2.05, 4.69) is 42.3 Å². The van der Waals surface area contributed by atoms with Gasteiger partial charge < -0.3 is 10.1 Å². The lowest BCUT2D eigenvalue weighted by Crippen LogP contribution is -2.37. The number of likely N-dealkylation sites (tertiary alicyclic amines) is 1. The highest BCUT2D eigenvalue weighted by molar-refractivity contribution is 5.36. The molecule has 1 aliphatic heterocycles. The van der Waals surface area contributed by atoms with Gasteiger partial charge >= 0.3 is 0 Å². The van der Waals surface area contributed by atoms with Gasteiger partial charge in [0.1, 0.15) is 5.75 Å². The van der Waals surface area contributed by atoms with E-state index in [1.807, 2.05) is 0 Å². The van der Waals surface area contributed by atoms with Gasteiger partial charge in [0.15, 0.2) is 0 Å². The summed E-state index contributed by atoms with van der Waals surface area (Å²) in [6.07, 6.45) is 2.67. The Labute approximate surface area is 116 Å². The van der Waals surface area contributed by atoms with Gasteiger partial charge in [-0.2, -0.15) is 0 Å². The van der Waals surface area contributed by atoms with Crippen LogP contribution >= 0.6 is 0 Å². The summed E-state index contributed by atoms with van der Waals surface area (Å²) < 4.78 is 5.41. The number of rotatable bonds is 6. The summed E-state index contributed by atoms with van der Waals surface area (Å²) >= 11 is 0. The Morgan fingerprint density at radius 3 is 3.00 bits per heavy atom. The first kappa shape index (κ1) is 14.4. The maximum absolute atomic E-state index is 5.41. The topological polar surface area (TPSA) is 24.5 Å². The van der Waals surface area contributed by atoms with Gasteiger partial charge in [0.05, 0.1) is 7.11 Å². The number of benzene rings is 1. The Bertz CT molecular complexity index is 406. The zero-order chi connectivity index (χ0) is 13.7. The molecule has 19 heavy (non-hydrogen) atoms. The largest absolute Gasteiger partial charge is 0.496 e. The molecule has 106 valence electrons. The summed E-state index contributed by atoms with van der Waals surface area (Å²) in [6.45, 7) is 8.77. The van der Waals surface area contributed by atoms with Gasteiger partial charge in [0.25, 0.3) is 0 Å². The van der Waals surface area contributed by atoms with Gasteiger partial charge in [-0.25, -0.2) is 0 Å². The van der Waals surface area contributed by atoms with E-state index in [-0.39, 0.29) is 0 Å². The monoisotopic (exact) mass is 262 g/mol. The molecule has 2 rings (SSSR count). The average molecular weight is 262 g/mol. The van der Waals surface area contributed by atoms with Gasteiger partial charge in [0.2, 0.25) is 0 Å². The SMILES string of the molecule is CCN1CCCC1CNCc1cc(C)ccc1OC. The molecule has 1 aromatic rings. The third-order valence-corrected chi connectivity index (χ3v) is 4.04. The van der Waals surface area contributed by atoms with Crippen LogP contribution in [0.1, 0.15) is 30.9 Å². The van der Waals surface area contributed by atoms with Crippen molar-refractivity contribution in [1.82, 2.24) is 10.2 Å². The number of likely N-dealkylation sites (N-methyl/N-ethyl adjacent to an activating group) is 1.